The van der Waals surface area contributed by atoms with Gasteiger partial charge in [-0.1, -0.05) is 35.3 Å². The molecule has 2 aromatic carbocycles. The summed E-state index contributed by atoms with van der Waals surface area (Å²) in [5, 5.41) is 9.37. The second-order valence-electron chi connectivity index (χ2n) is 8.36. The number of hydrogen-bond acceptors (Lipinski definition) is 4. The van der Waals surface area contributed by atoms with Crippen LogP contribution in [-0.4, -0.2) is 48.7 Å². The van der Waals surface area contributed by atoms with Gasteiger partial charge in [-0.25, -0.2) is 9.18 Å². The van der Waals surface area contributed by atoms with Crippen LogP contribution in [0.5, 0.6) is 0 Å². The number of hydrogen-bond donors (Lipinski definition) is 0. The van der Waals surface area contributed by atoms with E-state index in [9.17, 15) is 22.4 Å². The van der Waals surface area contributed by atoms with E-state index in [4.69, 9.17) is 33.2 Å². The van der Waals surface area contributed by atoms with E-state index in [1.807, 2.05) is 11.0 Å². The summed E-state index contributed by atoms with van der Waals surface area (Å²) in [6, 6.07) is 9.76. The lowest BCUT2D eigenvalue weighted by atomic mass is 9.93. The van der Waals surface area contributed by atoms with E-state index < -0.39 is 23.7 Å². The molecule has 35 heavy (non-hydrogen) atoms. The van der Waals surface area contributed by atoms with Gasteiger partial charge < -0.3 is 9.64 Å². The second kappa shape index (κ2) is 11.5. The van der Waals surface area contributed by atoms with Crippen molar-refractivity contribution in [2.75, 3.05) is 26.7 Å². The van der Waals surface area contributed by atoms with E-state index in [1.165, 1.54) is 11.0 Å². The highest BCUT2D eigenvalue weighted by Gasteiger charge is 2.39. The molecule has 2 unspecified atom stereocenters. The molecule has 5 nitrogen and oxygen atoms in total. The Labute approximate surface area is 210 Å². The maximum Gasteiger partial charge on any atom is 0.419 e. The Morgan fingerprint density at radius 1 is 1.20 bits per heavy atom. The van der Waals surface area contributed by atoms with Crippen LogP contribution >= 0.6 is 23.2 Å². The van der Waals surface area contributed by atoms with Crippen molar-refractivity contribution in [2.45, 2.75) is 37.5 Å². The van der Waals surface area contributed by atoms with Crippen LogP contribution in [0.25, 0.3) is 0 Å². The average Bonchev–Trinajstić information content (AvgIpc) is 3.23. The van der Waals surface area contributed by atoms with Crippen LogP contribution in [0.2, 0.25) is 10.0 Å². The highest BCUT2D eigenvalue weighted by molar-refractivity contribution is 6.42. The molecule has 1 aliphatic heterocycles. The van der Waals surface area contributed by atoms with Gasteiger partial charge >= 0.3 is 12.3 Å². The molecule has 1 aliphatic rings. The first kappa shape index (κ1) is 27.1. The topological polar surface area (TPSA) is 56.6 Å². The summed E-state index contributed by atoms with van der Waals surface area (Å²) in [7, 11) is 1.76. The fourth-order valence-corrected chi connectivity index (χ4v) is 4.45. The van der Waals surface area contributed by atoms with E-state index in [0.717, 1.165) is 17.7 Å². The van der Waals surface area contributed by atoms with Crippen molar-refractivity contribution in [3.05, 3.63) is 69.0 Å². The Morgan fingerprint density at radius 3 is 2.57 bits per heavy atom. The van der Waals surface area contributed by atoms with Crippen molar-refractivity contribution >= 4 is 29.3 Å². The summed E-state index contributed by atoms with van der Waals surface area (Å²) < 4.78 is 58.1. The van der Waals surface area contributed by atoms with Gasteiger partial charge in [0.2, 0.25) is 0 Å². The lowest BCUT2D eigenvalue weighted by molar-refractivity contribution is -0.140. The van der Waals surface area contributed by atoms with Crippen molar-refractivity contribution < 1.29 is 27.1 Å². The normalized spacial score (nSPS) is 18.1. The van der Waals surface area contributed by atoms with Gasteiger partial charge in [-0.2, -0.15) is 18.4 Å². The summed E-state index contributed by atoms with van der Waals surface area (Å²) >= 11 is 12.3. The molecule has 0 aromatic heterocycles. The van der Waals surface area contributed by atoms with Crippen LogP contribution in [0.3, 0.4) is 0 Å². The zero-order valence-electron chi connectivity index (χ0n) is 18.8. The number of nitriles is 1. The maximum atomic E-state index is 14.1. The van der Waals surface area contributed by atoms with Gasteiger partial charge in [0, 0.05) is 38.0 Å². The molecule has 0 saturated carbocycles. The Morgan fingerprint density at radius 2 is 1.94 bits per heavy atom. The number of likely N-dealkylation sites (tertiary alicyclic amines) is 1. The number of halogens is 6. The molecule has 0 spiro atoms. The third kappa shape index (κ3) is 6.78. The summed E-state index contributed by atoms with van der Waals surface area (Å²) in [5.41, 5.74) is -0.123. The number of unbranched alkanes of at least 4 members (excludes halogenated alkanes) is 1. The molecule has 3 rings (SSSR count). The highest BCUT2D eigenvalue weighted by atomic mass is 35.5. The minimum absolute atomic E-state index is 0.117. The number of carbonyl (C=O) groups is 1. The van der Waals surface area contributed by atoms with Gasteiger partial charge in [-0.3, -0.25) is 4.90 Å². The Balaban J connectivity index is 1.80. The van der Waals surface area contributed by atoms with E-state index in [-0.39, 0.29) is 38.1 Å². The number of nitrogens with zero attached hydrogens (tertiary/aromatic N) is 3. The molecule has 1 heterocycles. The lowest BCUT2D eigenvalue weighted by Crippen LogP contribution is -2.38. The molecular formula is C24H23Cl2F4N3O2. The number of alkyl halides is 3. The number of ether oxygens (including phenoxy) is 1. The number of benzene rings is 2. The Bertz CT molecular complexity index is 1110. The van der Waals surface area contributed by atoms with E-state index >= 15 is 0 Å². The second-order valence-corrected chi connectivity index (χ2v) is 9.17. The average molecular weight is 532 g/mol. The summed E-state index contributed by atoms with van der Waals surface area (Å²) in [5.74, 6) is -1.54. The monoisotopic (exact) mass is 531 g/mol. The van der Waals surface area contributed by atoms with Gasteiger partial charge in [0.05, 0.1) is 28.3 Å². The van der Waals surface area contributed by atoms with E-state index in [1.54, 1.807) is 25.2 Å². The fourth-order valence-electron chi connectivity index (χ4n) is 4.15. The van der Waals surface area contributed by atoms with Gasteiger partial charge in [-0.05, 0) is 48.9 Å². The van der Waals surface area contributed by atoms with Crippen molar-refractivity contribution in [3.63, 3.8) is 0 Å². The van der Waals surface area contributed by atoms with Crippen LogP contribution in [0.4, 0.5) is 22.4 Å². The molecule has 11 heteroatoms. The lowest BCUT2D eigenvalue weighted by Gasteiger charge is -2.29. The predicted octanol–water partition coefficient (Wildman–Crippen LogP) is 6.49. The molecule has 1 amide bonds. The number of amides is 1. The van der Waals surface area contributed by atoms with Gasteiger partial charge in [0.15, 0.2) is 0 Å². The number of rotatable bonds is 7. The van der Waals surface area contributed by atoms with Crippen LogP contribution < -0.4 is 0 Å². The van der Waals surface area contributed by atoms with Crippen molar-refractivity contribution in [3.8, 4) is 6.07 Å². The molecule has 1 saturated heterocycles. The molecule has 0 radical (unpaired) electrons. The van der Waals surface area contributed by atoms with Gasteiger partial charge in [0.25, 0.3) is 0 Å². The molecule has 2 atom stereocenters. The van der Waals surface area contributed by atoms with Gasteiger partial charge in [-0.15, -0.1) is 0 Å². The largest absolute Gasteiger partial charge is 0.449 e. The third-order valence-electron chi connectivity index (χ3n) is 5.91. The van der Waals surface area contributed by atoms with Crippen LogP contribution in [0.1, 0.15) is 35.4 Å². The standard InChI is InChI=1S/C24H23Cl2F4N3O2/c1-32(12-15-4-6-18(21(27)10-15)24(28,29)30)22-14-33(23(34)35-9-3-2-8-31)13-17(22)16-5-7-19(25)20(26)11-16/h4-7,10-11,17,22H,2-3,9,12-14H2,1H3. The predicted molar refractivity (Wildman–Crippen MR) is 124 cm³/mol. The Kier molecular flexibility index (Phi) is 8.86. The van der Waals surface area contributed by atoms with Crippen LogP contribution in [-0.2, 0) is 17.5 Å². The summed E-state index contributed by atoms with van der Waals surface area (Å²) in [6.07, 6.45) is -4.60. The number of likely N-dealkylation sites (N-methyl/N-ethyl adjacent to an activating group) is 1. The molecule has 0 bridgehead atoms. The van der Waals surface area contributed by atoms with Crippen LogP contribution in [0, 0.1) is 17.1 Å². The van der Waals surface area contributed by atoms with Gasteiger partial charge in [0.1, 0.15) is 5.82 Å². The van der Waals surface area contributed by atoms with E-state index in [0.29, 0.717) is 28.6 Å². The zero-order chi connectivity index (χ0) is 25.8. The smallest absolute Gasteiger partial charge is 0.419 e. The molecule has 2 aromatic rings. The molecular weight excluding hydrogens is 509 g/mol. The zero-order valence-corrected chi connectivity index (χ0v) is 20.3. The van der Waals surface area contributed by atoms with Crippen molar-refractivity contribution in [1.29, 1.82) is 5.26 Å². The maximum absolute atomic E-state index is 14.1. The molecule has 0 aliphatic carbocycles. The minimum Gasteiger partial charge on any atom is -0.449 e. The number of carbonyl (C=O) groups excluding carboxylic acids is 1. The molecule has 1 fully saturated rings. The highest BCUT2D eigenvalue weighted by Crippen LogP contribution is 2.36. The first-order valence-corrected chi connectivity index (χ1v) is 11.6. The SMILES string of the molecule is CN(Cc1ccc(C(F)(F)F)c(F)c1)C1CN(C(=O)OCCCC#N)CC1c1ccc(Cl)c(Cl)c1. The Hall–Kier alpha value is -2.54. The van der Waals surface area contributed by atoms with Crippen molar-refractivity contribution in [1.82, 2.24) is 9.80 Å². The fraction of sp³-hybridized carbons (Fsp3) is 0.417. The molecule has 0 N–H and O–H groups in total. The quantitative estimate of drug-likeness (QED) is 0.302. The first-order chi connectivity index (χ1) is 16.5. The third-order valence-corrected chi connectivity index (χ3v) is 6.65. The van der Waals surface area contributed by atoms with Crippen LogP contribution in [0.15, 0.2) is 36.4 Å². The minimum atomic E-state index is -4.77. The summed E-state index contributed by atoms with van der Waals surface area (Å²) in [6.45, 7) is 0.862. The summed E-state index contributed by atoms with van der Waals surface area (Å²) in [4.78, 5) is 16.0. The molecule has 188 valence electrons. The van der Waals surface area contributed by atoms with E-state index in [2.05, 4.69) is 0 Å². The van der Waals surface area contributed by atoms with Crippen molar-refractivity contribution in [2.24, 2.45) is 0 Å². The first-order valence-electron chi connectivity index (χ1n) is 10.8.